The summed E-state index contributed by atoms with van der Waals surface area (Å²) in [4.78, 5) is 14.6. The van der Waals surface area contributed by atoms with Crippen LogP contribution >= 0.6 is 0 Å². The molecule has 25 heavy (non-hydrogen) atoms. The molecule has 3 atom stereocenters. The van der Waals surface area contributed by atoms with Crippen LogP contribution in [-0.4, -0.2) is 59.6 Å². The molecule has 1 aromatic carbocycles. The lowest BCUT2D eigenvalue weighted by molar-refractivity contribution is -0.138. The summed E-state index contributed by atoms with van der Waals surface area (Å²) in [5.74, 6) is 0.712. The van der Waals surface area contributed by atoms with Crippen LogP contribution in [0.2, 0.25) is 0 Å². The van der Waals surface area contributed by atoms with E-state index in [1.165, 1.54) is 0 Å². The molecule has 2 heterocycles. The molecule has 5 N–H and O–H groups in total. The maximum Gasteiger partial charge on any atom is 0.240 e. The summed E-state index contributed by atoms with van der Waals surface area (Å²) in [7, 11) is 0. The molecule has 1 aromatic rings. The van der Waals surface area contributed by atoms with Gasteiger partial charge in [-0.3, -0.25) is 10.2 Å². The number of nitrogens with one attached hydrogen (secondary N) is 2. The summed E-state index contributed by atoms with van der Waals surface area (Å²) in [6.45, 7) is 1.34. The van der Waals surface area contributed by atoms with Crippen molar-refractivity contribution in [2.75, 3.05) is 19.7 Å². The van der Waals surface area contributed by atoms with E-state index >= 15 is 0 Å². The number of benzene rings is 1. The zero-order valence-electron chi connectivity index (χ0n) is 14.3. The van der Waals surface area contributed by atoms with Crippen molar-refractivity contribution in [2.45, 2.75) is 43.9 Å². The molecule has 2 saturated heterocycles. The molecule has 2 aliphatic rings. The number of carbonyl (C=O) groups is 1. The van der Waals surface area contributed by atoms with Crippen LogP contribution in [0.3, 0.4) is 0 Å². The number of nitrogens with two attached hydrogens (primary N) is 1. The number of carbonyl (C=O) groups excluding carboxylic acids is 1. The number of nitrogen functional groups attached to an aromatic ring is 1. The van der Waals surface area contributed by atoms with Crippen molar-refractivity contribution >= 4 is 11.7 Å². The standard InChI is InChI=1S/C18H26N4O3/c19-17(20)12-4-3-6-14(8-12)25-15-9-16(21-10-15)18(24)22-7-2-1-5-13(22)11-23/h3-4,6,8,13,15-16,21,23H,1-2,5,7,9-11H2,(H3,19,20). The third-order valence-electron chi connectivity index (χ3n) is 4.96. The second-order valence-corrected chi connectivity index (χ2v) is 6.74. The van der Waals surface area contributed by atoms with Crippen LogP contribution in [0.1, 0.15) is 31.2 Å². The number of hydrogen-bond acceptors (Lipinski definition) is 5. The van der Waals surface area contributed by atoms with Crippen LogP contribution < -0.4 is 15.8 Å². The lowest BCUT2D eigenvalue weighted by atomic mass is 10.0. The Balaban J connectivity index is 1.59. The molecule has 2 aliphatic heterocycles. The normalized spacial score (nSPS) is 26.4. The Morgan fingerprint density at radius 2 is 2.28 bits per heavy atom. The van der Waals surface area contributed by atoms with Crippen LogP contribution in [0.15, 0.2) is 24.3 Å². The first-order valence-corrected chi connectivity index (χ1v) is 8.84. The van der Waals surface area contributed by atoms with Gasteiger partial charge in [-0.15, -0.1) is 0 Å². The number of amidine groups is 1. The number of likely N-dealkylation sites (tertiary alicyclic amines) is 1. The third-order valence-corrected chi connectivity index (χ3v) is 4.96. The highest BCUT2D eigenvalue weighted by Gasteiger charge is 2.36. The number of piperidine rings is 1. The second kappa shape index (κ2) is 7.84. The fourth-order valence-electron chi connectivity index (χ4n) is 3.59. The van der Waals surface area contributed by atoms with Crippen LogP contribution in [0, 0.1) is 5.41 Å². The molecular weight excluding hydrogens is 320 g/mol. The highest BCUT2D eigenvalue weighted by Crippen LogP contribution is 2.22. The number of nitrogens with zero attached hydrogens (tertiary/aromatic N) is 1. The minimum absolute atomic E-state index is 0.00296. The molecule has 2 fully saturated rings. The minimum Gasteiger partial charge on any atom is -0.489 e. The van der Waals surface area contributed by atoms with Crippen molar-refractivity contribution in [2.24, 2.45) is 5.73 Å². The van der Waals surface area contributed by atoms with Crippen LogP contribution in [0.4, 0.5) is 0 Å². The summed E-state index contributed by atoms with van der Waals surface area (Å²) in [5.41, 5.74) is 6.13. The molecule has 0 aliphatic carbocycles. The summed E-state index contributed by atoms with van der Waals surface area (Å²) < 4.78 is 5.95. The third kappa shape index (κ3) is 4.11. The molecule has 0 radical (unpaired) electrons. The van der Waals surface area contributed by atoms with Gasteiger partial charge >= 0.3 is 0 Å². The second-order valence-electron chi connectivity index (χ2n) is 6.74. The van der Waals surface area contributed by atoms with Crippen molar-refractivity contribution in [1.29, 1.82) is 5.41 Å². The quantitative estimate of drug-likeness (QED) is 0.457. The lowest BCUT2D eigenvalue weighted by Crippen LogP contribution is -2.51. The van der Waals surface area contributed by atoms with E-state index in [2.05, 4.69) is 5.32 Å². The Morgan fingerprint density at radius 3 is 3.04 bits per heavy atom. The molecule has 0 saturated carbocycles. The van der Waals surface area contributed by atoms with Gasteiger partial charge in [0.2, 0.25) is 5.91 Å². The van der Waals surface area contributed by atoms with Crippen molar-refractivity contribution in [3.63, 3.8) is 0 Å². The van der Waals surface area contributed by atoms with Gasteiger partial charge in [-0.2, -0.15) is 0 Å². The zero-order valence-corrected chi connectivity index (χ0v) is 14.3. The largest absolute Gasteiger partial charge is 0.489 e. The van der Waals surface area contributed by atoms with Crippen molar-refractivity contribution in [3.05, 3.63) is 29.8 Å². The van der Waals surface area contributed by atoms with Gasteiger partial charge in [0, 0.05) is 25.1 Å². The van der Waals surface area contributed by atoms with Gasteiger partial charge < -0.3 is 25.8 Å². The Labute approximate surface area is 147 Å². The molecule has 136 valence electrons. The fourth-order valence-corrected chi connectivity index (χ4v) is 3.59. The van der Waals surface area contributed by atoms with Crippen LogP contribution in [-0.2, 0) is 4.79 Å². The molecule has 7 nitrogen and oxygen atoms in total. The molecule has 3 unspecified atom stereocenters. The predicted octanol–water partition coefficient (Wildman–Crippen LogP) is 0.453. The zero-order chi connectivity index (χ0) is 17.8. The van der Waals surface area contributed by atoms with E-state index in [1.807, 2.05) is 11.0 Å². The average Bonchev–Trinajstić information content (AvgIpc) is 3.09. The number of aliphatic hydroxyl groups is 1. The van der Waals surface area contributed by atoms with Crippen molar-refractivity contribution in [1.82, 2.24) is 10.2 Å². The topological polar surface area (TPSA) is 112 Å². The summed E-state index contributed by atoms with van der Waals surface area (Å²) >= 11 is 0. The van der Waals surface area contributed by atoms with Gasteiger partial charge in [0.1, 0.15) is 17.7 Å². The summed E-state index contributed by atoms with van der Waals surface area (Å²) in [5, 5.41) is 20.2. The van der Waals surface area contributed by atoms with E-state index in [9.17, 15) is 9.90 Å². The van der Waals surface area contributed by atoms with E-state index in [0.29, 0.717) is 30.8 Å². The SMILES string of the molecule is N=C(N)c1cccc(OC2CNC(C(=O)N3CCCCC3CO)C2)c1. The lowest BCUT2D eigenvalue weighted by Gasteiger charge is -2.36. The number of hydrogen-bond donors (Lipinski definition) is 4. The number of rotatable bonds is 5. The van der Waals surface area contributed by atoms with Gasteiger partial charge in [0.25, 0.3) is 0 Å². The van der Waals surface area contributed by atoms with E-state index in [-0.39, 0.29) is 36.5 Å². The van der Waals surface area contributed by atoms with Crippen molar-refractivity contribution in [3.8, 4) is 5.75 Å². The first-order chi connectivity index (χ1) is 12.1. The van der Waals surface area contributed by atoms with Crippen molar-refractivity contribution < 1.29 is 14.6 Å². The number of aliphatic hydroxyl groups excluding tert-OH is 1. The maximum absolute atomic E-state index is 12.8. The number of amides is 1. The van der Waals surface area contributed by atoms with E-state index in [4.69, 9.17) is 15.9 Å². The maximum atomic E-state index is 12.8. The fraction of sp³-hybridized carbons (Fsp3) is 0.556. The molecule has 1 amide bonds. The highest BCUT2D eigenvalue weighted by atomic mass is 16.5. The van der Waals surface area contributed by atoms with Gasteiger partial charge in [0.15, 0.2) is 0 Å². The smallest absolute Gasteiger partial charge is 0.240 e. The van der Waals surface area contributed by atoms with Crippen LogP contribution in [0.5, 0.6) is 5.75 Å². The summed E-state index contributed by atoms with van der Waals surface area (Å²) in [6, 6.07) is 6.80. The first-order valence-electron chi connectivity index (χ1n) is 8.84. The van der Waals surface area contributed by atoms with E-state index in [1.54, 1.807) is 18.2 Å². The summed E-state index contributed by atoms with van der Waals surface area (Å²) in [6.07, 6.45) is 3.41. The van der Waals surface area contributed by atoms with Gasteiger partial charge in [0.05, 0.1) is 18.7 Å². The molecular formula is C18H26N4O3. The first kappa shape index (κ1) is 17.7. The average molecular weight is 346 g/mol. The molecule has 0 spiro atoms. The number of ether oxygens (including phenoxy) is 1. The van der Waals surface area contributed by atoms with Gasteiger partial charge in [-0.05, 0) is 31.4 Å². The molecule has 0 aromatic heterocycles. The molecule has 7 heteroatoms. The minimum atomic E-state index is -0.270. The Morgan fingerprint density at radius 1 is 1.44 bits per heavy atom. The van der Waals surface area contributed by atoms with E-state index in [0.717, 1.165) is 19.3 Å². The molecule has 0 bridgehead atoms. The van der Waals surface area contributed by atoms with Gasteiger partial charge in [-0.1, -0.05) is 12.1 Å². The van der Waals surface area contributed by atoms with E-state index < -0.39 is 0 Å². The van der Waals surface area contributed by atoms with Gasteiger partial charge in [-0.25, -0.2) is 0 Å². The Hall–Kier alpha value is -2.12. The Kier molecular flexibility index (Phi) is 5.55. The monoisotopic (exact) mass is 346 g/mol. The van der Waals surface area contributed by atoms with Crippen LogP contribution in [0.25, 0.3) is 0 Å². The predicted molar refractivity (Wildman–Crippen MR) is 94.7 cm³/mol. The Bertz CT molecular complexity index is 637. The molecule has 3 rings (SSSR count). The highest BCUT2D eigenvalue weighted by molar-refractivity contribution is 5.95.